The van der Waals surface area contributed by atoms with Crippen molar-refractivity contribution in [2.75, 3.05) is 0 Å². The van der Waals surface area contributed by atoms with Gasteiger partial charge >= 0.3 is 0 Å². The lowest BCUT2D eigenvalue weighted by Crippen LogP contribution is -2.53. The molecule has 0 spiro atoms. The maximum Gasteiger partial charge on any atom is 0.185 e. The van der Waals surface area contributed by atoms with Gasteiger partial charge in [-0.25, -0.2) is 4.39 Å². The van der Waals surface area contributed by atoms with Gasteiger partial charge in [0.05, 0.1) is 15.6 Å². The zero-order valence-electron chi connectivity index (χ0n) is 8.09. The fraction of sp³-hybridized carbons (Fsp3) is 0.364. The van der Waals surface area contributed by atoms with Crippen molar-refractivity contribution >= 4 is 21.7 Å². The second-order valence-corrected chi connectivity index (χ2v) is 4.79. The molecule has 4 heteroatoms. The number of ketones is 1. The molecule has 0 aliphatic heterocycles. The van der Waals surface area contributed by atoms with Crippen molar-refractivity contribution in [3.05, 3.63) is 34.1 Å². The molecule has 1 aromatic carbocycles. The minimum absolute atomic E-state index is 0.0894. The molecular weight excluding hydrogens is 261 g/mol. The van der Waals surface area contributed by atoms with Crippen LogP contribution in [0, 0.1) is 5.82 Å². The molecule has 1 aliphatic carbocycles. The molecule has 1 aromatic rings. The van der Waals surface area contributed by atoms with E-state index in [-0.39, 0.29) is 11.3 Å². The Morgan fingerprint density at radius 3 is 2.67 bits per heavy atom. The van der Waals surface area contributed by atoms with Gasteiger partial charge in [0.15, 0.2) is 5.78 Å². The van der Waals surface area contributed by atoms with E-state index in [4.69, 9.17) is 5.73 Å². The van der Waals surface area contributed by atoms with Crippen molar-refractivity contribution in [3.63, 3.8) is 0 Å². The number of carbonyl (C=O) groups is 1. The number of hydrogen-bond acceptors (Lipinski definition) is 2. The fourth-order valence-corrected chi connectivity index (χ4v) is 2.10. The Bertz CT molecular complexity index is 415. The molecule has 15 heavy (non-hydrogen) atoms. The predicted octanol–water partition coefficient (Wildman–Crippen LogP) is 2.65. The highest BCUT2D eigenvalue weighted by atomic mass is 79.9. The van der Waals surface area contributed by atoms with Crippen LogP contribution in [0.3, 0.4) is 0 Å². The van der Waals surface area contributed by atoms with E-state index < -0.39 is 11.4 Å². The molecule has 2 nitrogen and oxygen atoms in total. The van der Waals surface area contributed by atoms with E-state index in [0.717, 1.165) is 6.42 Å². The Balaban J connectivity index is 2.37. The lowest BCUT2D eigenvalue weighted by molar-refractivity contribution is 0.0796. The normalized spacial score (nSPS) is 18.3. The summed E-state index contributed by atoms with van der Waals surface area (Å²) in [6.45, 7) is 0. The van der Waals surface area contributed by atoms with Crippen LogP contribution in [-0.4, -0.2) is 11.3 Å². The third-order valence-electron chi connectivity index (χ3n) is 2.89. The van der Waals surface area contributed by atoms with Gasteiger partial charge in [-0.1, -0.05) is 6.07 Å². The van der Waals surface area contributed by atoms with Crippen LogP contribution in [0.25, 0.3) is 0 Å². The van der Waals surface area contributed by atoms with E-state index in [9.17, 15) is 9.18 Å². The van der Waals surface area contributed by atoms with Crippen molar-refractivity contribution < 1.29 is 9.18 Å². The van der Waals surface area contributed by atoms with E-state index >= 15 is 0 Å². The Morgan fingerprint density at radius 1 is 1.47 bits per heavy atom. The fourth-order valence-electron chi connectivity index (χ4n) is 1.73. The number of benzene rings is 1. The summed E-state index contributed by atoms with van der Waals surface area (Å²) in [7, 11) is 0. The number of halogens is 2. The Morgan fingerprint density at radius 2 is 2.13 bits per heavy atom. The zero-order chi connectivity index (χ0) is 11.1. The average Bonchev–Trinajstić information content (AvgIpc) is 2.18. The number of hydrogen-bond donors (Lipinski definition) is 1. The molecule has 0 aromatic heterocycles. The Kier molecular flexibility index (Phi) is 2.64. The summed E-state index contributed by atoms with van der Waals surface area (Å²) < 4.78 is 13.9. The largest absolute Gasteiger partial charge is 0.319 e. The van der Waals surface area contributed by atoms with Gasteiger partial charge in [-0.2, -0.15) is 0 Å². The number of Topliss-reactive ketones (excluding diaryl/α,β-unsaturated/α-hetero) is 1. The molecule has 80 valence electrons. The summed E-state index contributed by atoms with van der Waals surface area (Å²) in [5.41, 5.74) is 5.12. The number of carbonyl (C=O) groups excluding carboxylic acids is 1. The molecular formula is C11H11BrFNO. The number of nitrogens with two attached hydrogens (primary N) is 1. The first-order chi connectivity index (χ1) is 7.04. The standard InChI is InChI=1S/C11H11BrFNO/c12-8-4-1-3-7(9(8)13)10(15)11(14)5-2-6-11/h1,3-4H,2,5-6,14H2. The minimum Gasteiger partial charge on any atom is -0.319 e. The topological polar surface area (TPSA) is 43.1 Å². The van der Waals surface area contributed by atoms with Gasteiger partial charge in [0.1, 0.15) is 5.82 Å². The highest BCUT2D eigenvalue weighted by Gasteiger charge is 2.41. The lowest BCUT2D eigenvalue weighted by Gasteiger charge is -2.36. The summed E-state index contributed by atoms with van der Waals surface area (Å²) in [6, 6.07) is 4.69. The molecule has 1 aliphatic rings. The van der Waals surface area contributed by atoms with Gasteiger partial charge in [0, 0.05) is 0 Å². The highest BCUT2D eigenvalue weighted by molar-refractivity contribution is 9.10. The molecule has 0 amide bonds. The Labute approximate surface area is 95.8 Å². The van der Waals surface area contributed by atoms with Crippen molar-refractivity contribution in [2.24, 2.45) is 5.73 Å². The molecule has 0 heterocycles. The number of rotatable bonds is 2. The van der Waals surface area contributed by atoms with Crippen LogP contribution in [-0.2, 0) is 0 Å². The maximum atomic E-state index is 13.6. The van der Waals surface area contributed by atoms with Gasteiger partial charge in [0.2, 0.25) is 0 Å². The second-order valence-electron chi connectivity index (χ2n) is 3.94. The van der Waals surface area contributed by atoms with E-state index in [2.05, 4.69) is 15.9 Å². The van der Waals surface area contributed by atoms with Gasteiger partial charge < -0.3 is 5.73 Å². The quantitative estimate of drug-likeness (QED) is 0.841. The molecule has 0 radical (unpaired) electrons. The first-order valence-electron chi connectivity index (χ1n) is 4.82. The third-order valence-corrected chi connectivity index (χ3v) is 3.51. The summed E-state index contributed by atoms with van der Waals surface area (Å²) in [5.74, 6) is -0.799. The van der Waals surface area contributed by atoms with Crippen LogP contribution in [0.2, 0.25) is 0 Å². The van der Waals surface area contributed by atoms with Crippen LogP contribution in [0.4, 0.5) is 4.39 Å². The molecule has 0 atom stereocenters. The summed E-state index contributed by atoms with van der Waals surface area (Å²) >= 11 is 3.05. The zero-order valence-corrected chi connectivity index (χ0v) is 9.68. The van der Waals surface area contributed by atoms with Crippen LogP contribution in [0.5, 0.6) is 0 Å². The summed E-state index contributed by atoms with van der Waals surface area (Å²) in [4.78, 5) is 11.9. The SMILES string of the molecule is NC1(C(=O)c2cccc(Br)c2F)CCC1. The van der Waals surface area contributed by atoms with E-state index in [1.54, 1.807) is 12.1 Å². The smallest absolute Gasteiger partial charge is 0.185 e. The first-order valence-corrected chi connectivity index (χ1v) is 5.61. The van der Waals surface area contributed by atoms with Crippen molar-refractivity contribution in [2.45, 2.75) is 24.8 Å². The maximum absolute atomic E-state index is 13.6. The van der Waals surface area contributed by atoms with Crippen LogP contribution < -0.4 is 5.73 Å². The van der Waals surface area contributed by atoms with Crippen molar-refractivity contribution in [1.29, 1.82) is 0 Å². The summed E-state index contributed by atoms with van der Waals surface area (Å²) in [5, 5.41) is 0. The molecule has 0 bridgehead atoms. The van der Waals surface area contributed by atoms with Crippen molar-refractivity contribution in [1.82, 2.24) is 0 Å². The van der Waals surface area contributed by atoms with Crippen molar-refractivity contribution in [3.8, 4) is 0 Å². The molecule has 1 fully saturated rings. The first kappa shape index (κ1) is 10.8. The molecule has 1 saturated carbocycles. The van der Waals surface area contributed by atoms with Gasteiger partial charge in [0.25, 0.3) is 0 Å². The van der Waals surface area contributed by atoms with Gasteiger partial charge in [-0.3, -0.25) is 4.79 Å². The predicted molar refractivity (Wildman–Crippen MR) is 59.2 cm³/mol. The Hall–Kier alpha value is -0.740. The van der Waals surface area contributed by atoms with Gasteiger partial charge in [-0.15, -0.1) is 0 Å². The monoisotopic (exact) mass is 271 g/mol. The molecule has 0 saturated heterocycles. The molecule has 0 unspecified atom stereocenters. The van der Waals surface area contributed by atoms with Crippen LogP contribution >= 0.6 is 15.9 Å². The summed E-state index contributed by atoms with van der Waals surface area (Å²) in [6.07, 6.45) is 2.24. The van der Waals surface area contributed by atoms with Crippen LogP contribution in [0.1, 0.15) is 29.6 Å². The molecule has 2 N–H and O–H groups in total. The average molecular weight is 272 g/mol. The second kappa shape index (κ2) is 3.68. The third kappa shape index (κ3) is 1.72. The van der Waals surface area contributed by atoms with E-state index in [1.165, 1.54) is 6.07 Å². The van der Waals surface area contributed by atoms with E-state index in [1.807, 2.05) is 0 Å². The molecule has 2 rings (SSSR count). The minimum atomic E-state index is -0.832. The van der Waals surface area contributed by atoms with Gasteiger partial charge in [-0.05, 0) is 47.3 Å². The van der Waals surface area contributed by atoms with E-state index in [0.29, 0.717) is 17.3 Å². The lowest BCUT2D eigenvalue weighted by atomic mass is 9.73. The highest BCUT2D eigenvalue weighted by Crippen LogP contribution is 2.33. The van der Waals surface area contributed by atoms with Crippen LogP contribution in [0.15, 0.2) is 22.7 Å².